The van der Waals surface area contributed by atoms with E-state index in [0.29, 0.717) is 25.4 Å². The standard InChI is InChI=1S/C32H37FN4O3/c1-7-24-18-37(16-22-9-8-10-26(33)30(22)40-24)17-23-15-21(12-11-19(23)2)28(32(4,5)31(38)39)25-13-14-27-29(20(25)3)34-35-36(27)6/h8-15,24,28H,7,16-18H2,1-6H3,(H,38,39). The summed E-state index contributed by atoms with van der Waals surface area (Å²) in [5.41, 5.74) is 6.45. The van der Waals surface area contributed by atoms with Crippen LogP contribution in [0.15, 0.2) is 48.5 Å². The molecule has 5 rings (SSSR count). The van der Waals surface area contributed by atoms with Gasteiger partial charge in [-0.15, -0.1) is 5.10 Å². The molecule has 1 aliphatic heterocycles. The Balaban J connectivity index is 1.56. The van der Waals surface area contributed by atoms with Crippen LogP contribution in [-0.4, -0.2) is 43.6 Å². The number of rotatable bonds is 7. The summed E-state index contributed by atoms with van der Waals surface area (Å²) in [4.78, 5) is 14.9. The highest BCUT2D eigenvalue weighted by Gasteiger charge is 2.40. The summed E-state index contributed by atoms with van der Waals surface area (Å²) in [6.07, 6.45) is 0.643. The number of aliphatic carboxylic acids is 1. The number of carboxylic acid groups (broad SMARTS) is 1. The van der Waals surface area contributed by atoms with Crippen molar-refractivity contribution < 1.29 is 19.0 Å². The van der Waals surface area contributed by atoms with Crippen molar-refractivity contribution in [3.05, 3.63) is 87.7 Å². The van der Waals surface area contributed by atoms with E-state index in [1.54, 1.807) is 24.6 Å². The molecule has 0 radical (unpaired) electrons. The topological polar surface area (TPSA) is 80.5 Å². The van der Waals surface area contributed by atoms with Gasteiger partial charge in [-0.05, 0) is 74.1 Å². The average molecular weight is 545 g/mol. The fourth-order valence-corrected chi connectivity index (χ4v) is 5.89. The van der Waals surface area contributed by atoms with Crippen LogP contribution >= 0.6 is 0 Å². The number of hydrogen-bond acceptors (Lipinski definition) is 5. The quantitative estimate of drug-likeness (QED) is 0.301. The van der Waals surface area contributed by atoms with Gasteiger partial charge in [0.15, 0.2) is 11.6 Å². The maximum absolute atomic E-state index is 14.6. The van der Waals surface area contributed by atoms with Gasteiger partial charge in [0, 0.05) is 38.2 Å². The van der Waals surface area contributed by atoms with E-state index in [0.717, 1.165) is 50.8 Å². The van der Waals surface area contributed by atoms with E-state index in [1.807, 2.05) is 38.2 Å². The second-order valence-corrected chi connectivity index (χ2v) is 11.6. The predicted molar refractivity (Wildman–Crippen MR) is 153 cm³/mol. The van der Waals surface area contributed by atoms with Crippen LogP contribution in [0.4, 0.5) is 4.39 Å². The van der Waals surface area contributed by atoms with Crippen LogP contribution in [0.2, 0.25) is 0 Å². The van der Waals surface area contributed by atoms with E-state index < -0.39 is 17.3 Å². The number of para-hydroxylation sites is 1. The average Bonchev–Trinajstić information content (AvgIpc) is 3.18. The molecule has 2 atom stereocenters. The van der Waals surface area contributed by atoms with Gasteiger partial charge in [-0.3, -0.25) is 9.69 Å². The minimum absolute atomic E-state index is 0.123. The maximum atomic E-state index is 14.6. The molecule has 0 bridgehead atoms. The summed E-state index contributed by atoms with van der Waals surface area (Å²) in [6, 6.07) is 15.3. The van der Waals surface area contributed by atoms with Crippen molar-refractivity contribution in [2.45, 2.75) is 66.2 Å². The molecule has 2 heterocycles. The molecule has 4 aromatic rings. The largest absolute Gasteiger partial charge is 0.486 e. The molecule has 2 unspecified atom stereocenters. The number of nitrogens with zero attached hydrogens (tertiary/aromatic N) is 4. The third-order valence-corrected chi connectivity index (χ3v) is 8.41. The van der Waals surface area contributed by atoms with Crippen molar-refractivity contribution in [2.75, 3.05) is 6.54 Å². The van der Waals surface area contributed by atoms with Gasteiger partial charge in [-0.1, -0.05) is 48.5 Å². The van der Waals surface area contributed by atoms with Crippen LogP contribution in [0.25, 0.3) is 11.0 Å². The van der Waals surface area contributed by atoms with Crippen LogP contribution in [0, 0.1) is 25.1 Å². The van der Waals surface area contributed by atoms with Gasteiger partial charge in [0.1, 0.15) is 11.6 Å². The minimum atomic E-state index is -1.09. The molecule has 7 nitrogen and oxygen atoms in total. The first kappa shape index (κ1) is 27.8. The van der Waals surface area contributed by atoms with Gasteiger partial charge in [-0.25, -0.2) is 9.07 Å². The highest BCUT2D eigenvalue weighted by Crippen LogP contribution is 2.44. The number of aromatic nitrogens is 3. The second kappa shape index (κ2) is 10.7. The van der Waals surface area contributed by atoms with Crippen molar-refractivity contribution in [1.82, 2.24) is 19.9 Å². The Morgan fingerprint density at radius 2 is 1.98 bits per heavy atom. The molecule has 0 saturated heterocycles. The number of benzene rings is 3. The van der Waals surface area contributed by atoms with E-state index >= 15 is 0 Å². The van der Waals surface area contributed by atoms with Crippen LogP contribution in [-0.2, 0) is 24.9 Å². The number of halogens is 1. The molecule has 40 heavy (non-hydrogen) atoms. The molecular weight excluding hydrogens is 507 g/mol. The highest BCUT2D eigenvalue weighted by molar-refractivity contribution is 5.81. The smallest absolute Gasteiger partial charge is 0.310 e. The lowest BCUT2D eigenvalue weighted by Gasteiger charge is -2.33. The number of carboxylic acids is 1. The summed E-state index contributed by atoms with van der Waals surface area (Å²) in [5.74, 6) is -1.26. The fraction of sp³-hybridized carbons (Fsp3) is 0.406. The van der Waals surface area contributed by atoms with Crippen molar-refractivity contribution in [3.63, 3.8) is 0 Å². The fourth-order valence-electron chi connectivity index (χ4n) is 5.89. The lowest BCUT2D eigenvalue weighted by molar-refractivity contribution is -0.147. The Morgan fingerprint density at radius 3 is 2.70 bits per heavy atom. The Labute approximate surface area is 234 Å². The Hall–Kier alpha value is -3.78. The van der Waals surface area contributed by atoms with Crippen molar-refractivity contribution in [3.8, 4) is 5.75 Å². The minimum Gasteiger partial charge on any atom is -0.486 e. The summed E-state index contributed by atoms with van der Waals surface area (Å²) in [6.45, 7) is 11.6. The zero-order valence-electron chi connectivity index (χ0n) is 24.0. The Morgan fingerprint density at radius 1 is 1.20 bits per heavy atom. The SMILES string of the molecule is CCC1CN(Cc2cc(C(c3ccc4c(nnn4C)c3C)C(C)(C)C(=O)O)ccc2C)Cc2cccc(F)c2O1. The lowest BCUT2D eigenvalue weighted by Crippen LogP contribution is -2.33. The zero-order chi connectivity index (χ0) is 28.8. The number of aryl methyl sites for hydroxylation is 3. The predicted octanol–water partition coefficient (Wildman–Crippen LogP) is 6.14. The van der Waals surface area contributed by atoms with E-state index in [4.69, 9.17) is 4.74 Å². The molecule has 3 aromatic carbocycles. The summed E-state index contributed by atoms with van der Waals surface area (Å²) < 4.78 is 22.4. The molecule has 0 saturated carbocycles. The molecular formula is C32H37FN4O3. The number of carbonyl (C=O) groups is 1. The van der Waals surface area contributed by atoms with E-state index in [9.17, 15) is 14.3 Å². The third-order valence-electron chi connectivity index (χ3n) is 8.41. The lowest BCUT2D eigenvalue weighted by atomic mass is 9.69. The van der Waals surface area contributed by atoms with Crippen LogP contribution in [0.1, 0.15) is 66.5 Å². The van der Waals surface area contributed by atoms with E-state index in [-0.39, 0.29) is 11.9 Å². The van der Waals surface area contributed by atoms with Crippen LogP contribution in [0.3, 0.4) is 0 Å². The van der Waals surface area contributed by atoms with Crippen molar-refractivity contribution in [2.24, 2.45) is 12.5 Å². The molecule has 1 aromatic heterocycles. The summed E-state index contributed by atoms with van der Waals surface area (Å²) in [5, 5.41) is 18.9. The molecule has 1 aliphatic rings. The molecule has 1 N–H and O–H groups in total. The molecule has 0 spiro atoms. The van der Waals surface area contributed by atoms with Gasteiger partial charge in [0.05, 0.1) is 10.9 Å². The number of ether oxygens (including phenoxy) is 1. The highest BCUT2D eigenvalue weighted by atomic mass is 19.1. The third kappa shape index (κ3) is 4.96. The second-order valence-electron chi connectivity index (χ2n) is 11.6. The normalized spacial score (nSPS) is 16.8. The first-order valence-corrected chi connectivity index (χ1v) is 13.8. The Bertz CT molecular complexity index is 1580. The van der Waals surface area contributed by atoms with Gasteiger partial charge < -0.3 is 9.84 Å². The van der Waals surface area contributed by atoms with Crippen molar-refractivity contribution >= 4 is 17.0 Å². The van der Waals surface area contributed by atoms with Crippen molar-refractivity contribution in [1.29, 1.82) is 0 Å². The Kier molecular flexibility index (Phi) is 7.40. The van der Waals surface area contributed by atoms with Gasteiger partial charge in [-0.2, -0.15) is 0 Å². The first-order chi connectivity index (χ1) is 19.0. The maximum Gasteiger partial charge on any atom is 0.310 e. The van der Waals surface area contributed by atoms with Gasteiger partial charge >= 0.3 is 5.97 Å². The van der Waals surface area contributed by atoms with Gasteiger partial charge in [0.25, 0.3) is 0 Å². The van der Waals surface area contributed by atoms with Crippen LogP contribution < -0.4 is 4.74 Å². The monoisotopic (exact) mass is 544 g/mol. The first-order valence-electron chi connectivity index (χ1n) is 13.8. The molecule has 8 heteroatoms. The molecule has 0 aliphatic carbocycles. The van der Waals surface area contributed by atoms with E-state index in [2.05, 4.69) is 41.2 Å². The molecule has 0 fully saturated rings. The summed E-state index contributed by atoms with van der Waals surface area (Å²) in [7, 11) is 1.85. The zero-order valence-corrected chi connectivity index (χ0v) is 24.0. The van der Waals surface area contributed by atoms with E-state index in [1.165, 1.54) is 6.07 Å². The van der Waals surface area contributed by atoms with Crippen LogP contribution in [0.5, 0.6) is 5.75 Å². The number of hydrogen-bond donors (Lipinski definition) is 1. The summed E-state index contributed by atoms with van der Waals surface area (Å²) >= 11 is 0. The molecule has 210 valence electrons. The number of fused-ring (bicyclic) bond motifs is 2. The molecule has 0 amide bonds. The van der Waals surface area contributed by atoms with Gasteiger partial charge in [0.2, 0.25) is 0 Å².